The molecule has 0 N–H and O–H groups in total. The highest BCUT2D eigenvalue weighted by Gasteiger charge is 2.38. The van der Waals surface area contributed by atoms with Gasteiger partial charge in [0.2, 0.25) is 10.0 Å². The van der Waals surface area contributed by atoms with Crippen molar-refractivity contribution in [3.05, 3.63) is 28.7 Å². The summed E-state index contributed by atoms with van der Waals surface area (Å²) in [6.45, 7) is -0.449. The maximum Gasteiger partial charge on any atom is 0.419 e. The number of rotatable bonds is 2. The van der Waals surface area contributed by atoms with Gasteiger partial charge < -0.3 is 4.42 Å². The van der Waals surface area contributed by atoms with Crippen molar-refractivity contribution in [2.24, 2.45) is 7.05 Å². The summed E-state index contributed by atoms with van der Waals surface area (Å²) >= 11 is 0. The Balaban J connectivity index is 1.99. The Morgan fingerprint density at radius 2 is 1.86 bits per heavy atom. The summed E-state index contributed by atoms with van der Waals surface area (Å²) in [6.07, 6.45) is -0.975. The van der Waals surface area contributed by atoms with Crippen LogP contribution in [0.1, 0.15) is 12.8 Å². The smallest absolute Gasteiger partial charge is 0.408 e. The van der Waals surface area contributed by atoms with Crippen LogP contribution in [-0.2, 0) is 17.1 Å². The molecule has 0 atom stereocenters. The van der Waals surface area contributed by atoms with Crippen LogP contribution in [0.15, 0.2) is 32.3 Å². The summed E-state index contributed by atoms with van der Waals surface area (Å²) < 4.78 is 58.5. The van der Waals surface area contributed by atoms with Crippen LogP contribution in [0, 0.1) is 0 Å². The number of halogens is 2. The van der Waals surface area contributed by atoms with Gasteiger partial charge in [0, 0.05) is 33.0 Å². The Labute approximate surface area is 125 Å². The average Bonchev–Trinajstić information content (AvgIpc) is 2.73. The Kier molecular flexibility index (Phi) is 3.37. The molecular formula is C13H14F2N2O4S. The molecule has 1 fully saturated rings. The van der Waals surface area contributed by atoms with Crippen LogP contribution < -0.4 is 5.76 Å². The molecule has 1 saturated heterocycles. The molecule has 0 unspecified atom stereocenters. The number of alkyl halides is 2. The second-order valence-electron chi connectivity index (χ2n) is 5.32. The second kappa shape index (κ2) is 4.88. The van der Waals surface area contributed by atoms with E-state index in [0.717, 1.165) is 4.31 Å². The zero-order valence-electron chi connectivity index (χ0n) is 11.8. The highest BCUT2D eigenvalue weighted by molar-refractivity contribution is 7.89. The molecule has 1 aromatic carbocycles. The number of benzene rings is 1. The Morgan fingerprint density at radius 3 is 2.50 bits per heavy atom. The van der Waals surface area contributed by atoms with E-state index in [2.05, 4.69) is 0 Å². The number of fused-ring (bicyclic) bond motifs is 1. The Hall–Kier alpha value is -1.74. The standard InChI is InChI=1S/C13H14F2N2O4S/c1-16-10-8-9(2-3-11(10)21-12(16)18)22(19,20)17-6-4-13(14,15)5-7-17/h2-3,8H,4-7H2,1H3. The number of sulfonamides is 1. The minimum atomic E-state index is -3.87. The minimum Gasteiger partial charge on any atom is -0.408 e. The van der Waals surface area contributed by atoms with E-state index < -0.39 is 34.5 Å². The number of piperidine rings is 1. The quantitative estimate of drug-likeness (QED) is 0.836. The molecule has 0 radical (unpaired) electrons. The van der Waals surface area contributed by atoms with Gasteiger partial charge in [-0.05, 0) is 18.2 Å². The van der Waals surface area contributed by atoms with Crippen molar-refractivity contribution in [1.82, 2.24) is 8.87 Å². The first-order chi connectivity index (χ1) is 10.2. The maximum atomic E-state index is 13.2. The lowest BCUT2D eigenvalue weighted by atomic mass is 10.1. The summed E-state index contributed by atoms with van der Waals surface area (Å²) in [4.78, 5) is 11.4. The van der Waals surface area contributed by atoms with Gasteiger partial charge in [0.1, 0.15) is 0 Å². The number of aryl methyl sites for hydroxylation is 1. The molecular weight excluding hydrogens is 318 g/mol. The van der Waals surface area contributed by atoms with Crippen molar-refractivity contribution in [2.45, 2.75) is 23.7 Å². The van der Waals surface area contributed by atoms with Gasteiger partial charge in [0.25, 0.3) is 5.92 Å². The van der Waals surface area contributed by atoms with Gasteiger partial charge >= 0.3 is 5.76 Å². The molecule has 1 aliphatic heterocycles. The van der Waals surface area contributed by atoms with Crippen LogP contribution in [-0.4, -0.2) is 36.3 Å². The van der Waals surface area contributed by atoms with E-state index in [-0.39, 0.29) is 23.6 Å². The lowest BCUT2D eigenvalue weighted by molar-refractivity contribution is -0.0412. The van der Waals surface area contributed by atoms with Crippen molar-refractivity contribution in [3.8, 4) is 0 Å². The first-order valence-electron chi connectivity index (χ1n) is 6.68. The van der Waals surface area contributed by atoms with Crippen molar-refractivity contribution in [3.63, 3.8) is 0 Å². The average molecular weight is 332 g/mol. The maximum absolute atomic E-state index is 13.2. The Bertz CT molecular complexity index is 875. The summed E-state index contributed by atoms with van der Waals surface area (Å²) in [5, 5.41) is 0. The van der Waals surface area contributed by atoms with Crippen molar-refractivity contribution < 1.29 is 21.6 Å². The normalized spacial score (nSPS) is 19.6. The molecule has 6 nitrogen and oxygen atoms in total. The van der Waals surface area contributed by atoms with Crippen LogP contribution >= 0.6 is 0 Å². The molecule has 0 aliphatic carbocycles. The number of hydrogen-bond acceptors (Lipinski definition) is 4. The molecule has 2 aromatic rings. The van der Waals surface area contributed by atoms with Gasteiger partial charge in [-0.1, -0.05) is 0 Å². The summed E-state index contributed by atoms with van der Waals surface area (Å²) in [5.41, 5.74) is 0.616. The van der Waals surface area contributed by atoms with Crippen LogP contribution in [0.25, 0.3) is 11.1 Å². The van der Waals surface area contributed by atoms with Crippen LogP contribution in [0.4, 0.5) is 8.78 Å². The van der Waals surface area contributed by atoms with E-state index in [1.165, 1.54) is 29.8 Å². The molecule has 9 heteroatoms. The predicted molar refractivity (Wildman–Crippen MR) is 74.4 cm³/mol. The summed E-state index contributed by atoms with van der Waals surface area (Å²) in [5.74, 6) is -3.41. The highest BCUT2D eigenvalue weighted by Crippen LogP contribution is 2.31. The number of oxazole rings is 1. The third kappa shape index (κ3) is 2.44. The summed E-state index contributed by atoms with van der Waals surface area (Å²) in [6, 6.07) is 4.03. The molecule has 2 heterocycles. The zero-order valence-corrected chi connectivity index (χ0v) is 12.6. The third-order valence-electron chi connectivity index (χ3n) is 3.85. The van der Waals surface area contributed by atoms with E-state index in [1.807, 2.05) is 0 Å². The molecule has 3 rings (SSSR count). The van der Waals surface area contributed by atoms with E-state index >= 15 is 0 Å². The van der Waals surface area contributed by atoms with E-state index in [9.17, 15) is 22.0 Å². The molecule has 120 valence electrons. The van der Waals surface area contributed by atoms with Crippen LogP contribution in [0.5, 0.6) is 0 Å². The monoisotopic (exact) mass is 332 g/mol. The molecule has 0 saturated carbocycles. The molecule has 0 spiro atoms. The molecule has 22 heavy (non-hydrogen) atoms. The Morgan fingerprint density at radius 1 is 1.23 bits per heavy atom. The van der Waals surface area contributed by atoms with Gasteiger partial charge in [-0.25, -0.2) is 22.0 Å². The topological polar surface area (TPSA) is 72.5 Å². The zero-order chi connectivity index (χ0) is 16.1. The minimum absolute atomic E-state index is 0.0402. The number of aromatic nitrogens is 1. The number of hydrogen-bond donors (Lipinski definition) is 0. The lowest BCUT2D eigenvalue weighted by Crippen LogP contribution is -2.42. The molecule has 1 aliphatic rings. The van der Waals surface area contributed by atoms with E-state index in [0.29, 0.717) is 5.52 Å². The fraction of sp³-hybridized carbons (Fsp3) is 0.462. The first kappa shape index (κ1) is 15.2. The van der Waals surface area contributed by atoms with Gasteiger partial charge in [0.05, 0.1) is 10.4 Å². The van der Waals surface area contributed by atoms with E-state index in [4.69, 9.17) is 4.42 Å². The highest BCUT2D eigenvalue weighted by atomic mass is 32.2. The fourth-order valence-corrected chi connectivity index (χ4v) is 3.93. The fourth-order valence-electron chi connectivity index (χ4n) is 2.47. The van der Waals surface area contributed by atoms with Gasteiger partial charge in [0.15, 0.2) is 5.58 Å². The summed E-state index contributed by atoms with van der Waals surface area (Å²) in [7, 11) is -2.40. The van der Waals surface area contributed by atoms with Gasteiger partial charge in [-0.2, -0.15) is 4.31 Å². The molecule has 0 amide bonds. The third-order valence-corrected chi connectivity index (χ3v) is 5.75. The van der Waals surface area contributed by atoms with E-state index in [1.54, 1.807) is 0 Å². The van der Waals surface area contributed by atoms with Crippen molar-refractivity contribution in [1.29, 1.82) is 0 Å². The van der Waals surface area contributed by atoms with Gasteiger partial charge in [-0.3, -0.25) is 4.57 Å². The number of nitrogens with zero attached hydrogens (tertiary/aromatic N) is 2. The van der Waals surface area contributed by atoms with Crippen molar-refractivity contribution in [2.75, 3.05) is 13.1 Å². The van der Waals surface area contributed by atoms with Crippen LogP contribution in [0.2, 0.25) is 0 Å². The SMILES string of the molecule is Cn1c(=O)oc2ccc(S(=O)(=O)N3CCC(F)(F)CC3)cc21. The van der Waals surface area contributed by atoms with Crippen LogP contribution in [0.3, 0.4) is 0 Å². The largest absolute Gasteiger partial charge is 0.419 e. The predicted octanol–water partition coefficient (Wildman–Crippen LogP) is 1.55. The second-order valence-corrected chi connectivity index (χ2v) is 7.25. The first-order valence-corrected chi connectivity index (χ1v) is 8.12. The van der Waals surface area contributed by atoms with Crippen molar-refractivity contribution >= 4 is 21.1 Å². The van der Waals surface area contributed by atoms with Gasteiger partial charge in [-0.15, -0.1) is 0 Å². The molecule has 1 aromatic heterocycles. The molecule has 0 bridgehead atoms. The lowest BCUT2D eigenvalue weighted by Gasteiger charge is -2.30.